The van der Waals surface area contributed by atoms with Crippen LogP contribution in [0.4, 0.5) is 11.4 Å². The standard InChI is InChI=1S/C31H27Cl2N5O3S2.C24H18Cl2N6O3S2.C19H14Cl2IN5O3S2/c1-3-25-29(31(39)36-37-16-18-43(40,41)19-17-37)35-38(27-13-11-23(32)20-26(27)33)30(25)22-9-7-21(8-10-22)28-14-12-24(42-28)6-4-5-15-34-2;1-27-10-4-3-5-17-7-9-20(36-17)23-21(28-2)22(24(33)30-31-11-13-37(34,35)14-12-31)29-32(23)19-8-6-16(25)15-18(19)26;1-23-16-17(19(28)25-26-6-8-32(29,30)9-7-26)24-27(13-3-2-11(20)10-12(13)21)18(16)14-4-5-15(22)31-14/h7-14,20H,3,5,15-19H2,1H3,(H,36,39);6-9,15H,4,10-14H2,(H,30,33);2-5,10H,6-9H2,(H,25,28). The number of nitrogens with zero attached hydrogens (tertiary/aromatic N) is 13. The molecule has 0 bridgehead atoms. The Balaban J connectivity index is 0.000000168. The Labute approximate surface area is 701 Å². The van der Waals surface area contributed by atoms with Crippen LogP contribution in [-0.4, -0.2) is 174 Å². The predicted octanol–water partition coefficient (Wildman–Crippen LogP) is 15.1. The fourth-order valence-corrected chi connectivity index (χ4v) is 20.0. The molecule has 6 aromatic heterocycles. The molecule has 4 aromatic carbocycles. The number of hydrogen-bond acceptors (Lipinski definition) is 18. The second kappa shape index (κ2) is 37.5. The van der Waals surface area contributed by atoms with Gasteiger partial charge in [0.1, 0.15) is 0 Å². The molecule has 0 unspecified atom stereocenters. The number of rotatable bonds is 16. The third-order valence-corrected chi connectivity index (χ3v) is 27.4. The smallest absolute Gasteiger partial charge is 0.286 e. The van der Waals surface area contributed by atoms with Crippen molar-refractivity contribution in [3.05, 3.63) is 226 Å². The van der Waals surface area contributed by atoms with E-state index in [1.54, 1.807) is 81.7 Å². The predicted molar refractivity (Wildman–Crippen MR) is 450 cm³/mol. The van der Waals surface area contributed by atoms with E-state index in [4.69, 9.17) is 101 Å². The minimum atomic E-state index is -3.13. The first-order valence-electron chi connectivity index (χ1n) is 33.6. The molecule has 0 spiro atoms. The van der Waals surface area contributed by atoms with Crippen molar-refractivity contribution in [2.75, 3.05) is 86.9 Å². The van der Waals surface area contributed by atoms with Crippen LogP contribution in [0.5, 0.6) is 0 Å². The van der Waals surface area contributed by atoms with Crippen LogP contribution in [-0.2, 0) is 35.9 Å². The quantitative estimate of drug-likeness (QED) is 0.0351. The number of carbonyl (C=O) groups is 3. The lowest BCUT2D eigenvalue weighted by molar-refractivity contribution is 0.0789. The summed E-state index contributed by atoms with van der Waals surface area (Å²) in [6, 6.07) is 34.2. The summed E-state index contributed by atoms with van der Waals surface area (Å²) in [5.74, 6) is 10.2. The van der Waals surface area contributed by atoms with Crippen LogP contribution >= 0.6 is 126 Å². The SMILES string of the molecule is [C-]#[N+]CCC#Cc1ccc(-c2c([N+]#[C-])c(C(=O)NN3CCS(=O)(=O)CC3)nn2-c2ccc(Cl)cc2Cl)s1.[C-]#[N+]CCC#Cc1ccc(-c2ccc(-c3c(CC)c(C(=O)NN4CCS(=O)(=O)CC4)nn3-c3ccc(Cl)cc3Cl)cc2)s1.[C-]#[N+]c1c(C(=O)NN2CCS(=O)(=O)CC2)nn(-c2ccc(Cl)cc2Cl)c1-c1ccc(I)s1. The van der Waals surface area contributed by atoms with E-state index in [0.29, 0.717) is 90.8 Å². The van der Waals surface area contributed by atoms with Crippen LogP contribution in [0.3, 0.4) is 0 Å². The summed E-state index contributed by atoms with van der Waals surface area (Å²) in [4.78, 5) is 57.8. The minimum Gasteiger partial charge on any atom is -0.316 e. The molecule has 3 N–H and O–H groups in total. The number of hydrogen-bond donors (Lipinski definition) is 3. The molecule has 3 saturated heterocycles. The summed E-state index contributed by atoms with van der Waals surface area (Å²) in [5, 5.41) is 20.6. The molecule has 0 radical (unpaired) electrons. The van der Waals surface area contributed by atoms with E-state index in [0.717, 1.165) is 44.8 Å². The van der Waals surface area contributed by atoms with E-state index < -0.39 is 47.2 Å². The number of carbonyl (C=O) groups excluding carboxylic acids is 3. The molecule has 10 aromatic rings. The molecule has 3 aliphatic rings. The van der Waals surface area contributed by atoms with E-state index in [-0.39, 0.29) is 107 Å². The van der Waals surface area contributed by atoms with Gasteiger partial charge in [0.05, 0.1) is 122 Å². The van der Waals surface area contributed by atoms with Crippen molar-refractivity contribution in [1.82, 2.24) is 60.6 Å². The summed E-state index contributed by atoms with van der Waals surface area (Å²) in [5.41, 5.74) is 13.9. The second-order valence-corrected chi connectivity index (χ2v) is 39.1. The zero-order valence-corrected chi connectivity index (χ0v) is 70.2. The number of halogens is 7. The maximum absolute atomic E-state index is 13.5. The number of thiophene rings is 3. The number of hydrazine groups is 3. The summed E-state index contributed by atoms with van der Waals surface area (Å²) in [6.07, 6.45) is 1.51. The molecule has 38 heteroatoms. The van der Waals surface area contributed by atoms with Gasteiger partial charge in [-0.25, -0.2) is 77.2 Å². The second-order valence-electron chi connectivity index (χ2n) is 24.5. The molecule has 0 aliphatic carbocycles. The topological polar surface area (TPSA) is 270 Å². The third kappa shape index (κ3) is 20.8. The van der Waals surface area contributed by atoms with E-state index >= 15 is 0 Å². The highest BCUT2D eigenvalue weighted by Gasteiger charge is 2.34. The Bertz CT molecular complexity index is 5970. The van der Waals surface area contributed by atoms with Crippen LogP contribution in [0.15, 0.2) is 115 Å². The number of amides is 3. The minimum absolute atomic E-state index is 0.0130. The van der Waals surface area contributed by atoms with Gasteiger partial charge in [-0.1, -0.05) is 124 Å². The van der Waals surface area contributed by atoms with E-state index in [2.05, 4.69) is 92.1 Å². The zero-order valence-electron chi connectivity index (χ0n) is 58.6. The summed E-state index contributed by atoms with van der Waals surface area (Å²) in [6.45, 7) is 33.1. The van der Waals surface area contributed by atoms with Crippen molar-refractivity contribution < 1.29 is 39.6 Å². The lowest BCUT2D eigenvalue weighted by Gasteiger charge is -2.26. The molecule has 3 fully saturated rings. The summed E-state index contributed by atoms with van der Waals surface area (Å²) in [7, 11) is -9.32. The molecule has 3 aliphatic heterocycles. The van der Waals surface area contributed by atoms with E-state index in [1.807, 2.05) is 55.5 Å². The van der Waals surface area contributed by atoms with Crippen molar-refractivity contribution in [2.24, 2.45) is 0 Å². The molecule has 0 atom stereocenters. The average molecular weight is 1850 g/mol. The number of sulfone groups is 3. The van der Waals surface area contributed by atoms with Gasteiger partial charge in [-0.05, 0) is 126 Å². The highest BCUT2D eigenvalue weighted by molar-refractivity contribution is 14.1. The van der Waals surface area contributed by atoms with Gasteiger partial charge < -0.3 is 9.69 Å². The largest absolute Gasteiger partial charge is 0.316 e. The molecule has 3 amide bonds. The Morgan fingerprint density at radius 3 is 1.18 bits per heavy atom. The van der Waals surface area contributed by atoms with Crippen LogP contribution in [0, 0.1) is 52.9 Å². The molecule has 574 valence electrons. The van der Waals surface area contributed by atoms with Crippen LogP contribution in [0.1, 0.15) is 66.5 Å². The fraction of sp³-hybridized carbons (Fsp3) is 0.243. The first-order valence-corrected chi connectivity index (χ1v) is 44.8. The molecule has 9 heterocycles. The van der Waals surface area contributed by atoms with Gasteiger partial charge in [0.25, 0.3) is 17.7 Å². The van der Waals surface area contributed by atoms with Crippen LogP contribution < -0.4 is 16.3 Å². The monoisotopic (exact) mass is 1840 g/mol. The third-order valence-electron chi connectivity index (χ3n) is 17.0. The van der Waals surface area contributed by atoms with Gasteiger partial charge in [0, 0.05) is 80.1 Å². The summed E-state index contributed by atoms with van der Waals surface area (Å²) >= 11 is 44.3. The Morgan fingerprint density at radius 1 is 0.464 bits per heavy atom. The van der Waals surface area contributed by atoms with Crippen LogP contribution in [0.2, 0.25) is 30.1 Å². The first kappa shape index (κ1) is 84.2. The number of benzene rings is 4. The lowest BCUT2D eigenvalue weighted by Crippen LogP contribution is -2.50. The van der Waals surface area contributed by atoms with Gasteiger partial charge in [-0.15, -0.1) is 34.0 Å². The molecule has 0 saturated carbocycles. The highest BCUT2D eigenvalue weighted by Crippen LogP contribution is 2.44. The molecular weight excluding hydrogens is 1790 g/mol. The van der Waals surface area contributed by atoms with Gasteiger partial charge in [0.15, 0.2) is 46.6 Å². The Morgan fingerprint density at radius 2 is 0.812 bits per heavy atom. The summed E-state index contributed by atoms with van der Waals surface area (Å²) < 4.78 is 76.1. The van der Waals surface area contributed by atoms with Crippen molar-refractivity contribution in [3.8, 4) is 83.6 Å². The molecule has 112 heavy (non-hydrogen) atoms. The fourth-order valence-electron chi connectivity index (χ4n) is 11.4. The Hall–Kier alpha value is -8.70. The first-order chi connectivity index (χ1) is 53.6. The van der Waals surface area contributed by atoms with E-state index in [9.17, 15) is 39.6 Å². The van der Waals surface area contributed by atoms with Crippen molar-refractivity contribution in [1.29, 1.82) is 0 Å². The van der Waals surface area contributed by atoms with E-state index in [1.165, 1.54) is 48.1 Å². The van der Waals surface area contributed by atoms with Crippen molar-refractivity contribution >= 4 is 185 Å². The average Bonchev–Trinajstić information content (AvgIpc) is 1.63. The van der Waals surface area contributed by atoms with Crippen molar-refractivity contribution in [3.63, 3.8) is 0 Å². The lowest BCUT2D eigenvalue weighted by atomic mass is 10.0. The number of aromatic nitrogens is 6. The molecule has 25 nitrogen and oxygen atoms in total. The highest BCUT2D eigenvalue weighted by atomic mass is 127. The van der Waals surface area contributed by atoms with Crippen LogP contribution in [0.25, 0.3) is 79.3 Å². The maximum atomic E-state index is 13.5. The van der Waals surface area contributed by atoms with Gasteiger partial charge >= 0.3 is 0 Å². The Kier molecular flexibility index (Phi) is 28.2. The van der Waals surface area contributed by atoms with Gasteiger partial charge in [-0.3, -0.25) is 30.7 Å². The van der Waals surface area contributed by atoms with Crippen molar-refractivity contribution in [2.45, 2.75) is 26.2 Å². The maximum Gasteiger partial charge on any atom is 0.286 e. The number of nitrogens with one attached hydrogen (secondary N) is 3. The normalized spacial score (nSPS) is 15.0. The van der Waals surface area contributed by atoms with Gasteiger partial charge in [-0.2, -0.15) is 15.3 Å². The molecule has 13 rings (SSSR count). The zero-order chi connectivity index (χ0) is 80.2. The molecular formula is C74H59Cl6IN16O9S6. The van der Waals surface area contributed by atoms with Gasteiger partial charge in [0.2, 0.25) is 24.5 Å².